The molecule has 0 unspecified atom stereocenters. The Morgan fingerprint density at radius 1 is 1.07 bits per heavy atom. The number of hydrogen-bond donors (Lipinski definition) is 1. The summed E-state index contributed by atoms with van der Waals surface area (Å²) in [6, 6.07) is 16.6. The Kier molecular flexibility index (Phi) is 4.87. The lowest BCUT2D eigenvalue weighted by atomic mass is 10.1. The summed E-state index contributed by atoms with van der Waals surface area (Å²) >= 11 is 0. The molecule has 0 saturated heterocycles. The summed E-state index contributed by atoms with van der Waals surface area (Å²) in [6.45, 7) is 2.49. The SMILES string of the molecule is Cc1c(NC(=O)c2ccc(Cn3ccnc3)cc2)c(=O)n(-c2ccccc2)n1C. The van der Waals surface area contributed by atoms with Crippen LogP contribution in [0.25, 0.3) is 5.69 Å². The van der Waals surface area contributed by atoms with Crippen molar-refractivity contribution in [2.45, 2.75) is 13.5 Å². The van der Waals surface area contributed by atoms with Crippen molar-refractivity contribution in [2.75, 3.05) is 5.32 Å². The Hall–Kier alpha value is -3.87. The third kappa shape index (κ3) is 3.62. The van der Waals surface area contributed by atoms with Crippen molar-refractivity contribution >= 4 is 11.6 Å². The van der Waals surface area contributed by atoms with Crippen molar-refractivity contribution in [3.63, 3.8) is 0 Å². The summed E-state index contributed by atoms with van der Waals surface area (Å²) in [4.78, 5) is 29.7. The van der Waals surface area contributed by atoms with Gasteiger partial charge >= 0.3 is 0 Å². The summed E-state index contributed by atoms with van der Waals surface area (Å²) in [6.07, 6.45) is 5.36. The minimum atomic E-state index is -0.315. The molecule has 4 aromatic rings. The largest absolute Gasteiger partial charge is 0.333 e. The van der Waals surface area contributed by atoms with E-state index in [1.165, 1.54) is 0 Å². The van der Waals surface area contributed by atoms with Crippen molar-refractivity contribution in [2.24, 2.45) is 7.05 Å². The van der Waals surface area contributed by atoms with E-state index in [9.17, 15) is 9.59 Å². The van der Waals surface area contributed by atoms with Crippen LogP contribution in [-0.4, -0.2) is 24.8 Å². The Balaban J connectivity index is 1.56. The minimum Gasteiger partial charge on any atom is -0.333 e. The monoisotopic (exact) mass is 387 g/mol. The molecule has 0 saturated carbocycles. The molecule has 29 heavy (non-hydrogen) atoms. The fraction of sp³-hybridized carbons (Fsp3) is 0.136. The second-order valence-electron chi connectivity index (χ2n) is 6.82. The number of benzene rings is 2. The molecule has 0 spiro atoms. The zero-order chi connectivity index (χ0) is 20.4. The first-order valence-corrected chi connectivity index (χ1v) is 9.24. The molecule has 4 rings (SSSR count). The third-order valence-corrected chi connectivity index (χ3v) is 4.93. The number of aromatic nitrogens is 4. The van der Waals surface area contributed by atoms with Gasteiger partial charge in [-0.3, -0.25) is 14.3 Å². The molecule has 7 nitrogen and oxygen atoms in total. The first kappa shape index (κ1) is 18.5. The second-order valence-corrected chi connectivity index (χ2v) is 6.82. The van der Waals surface area contributed by atoms with Crippen LogP contribution >= 0.6 is 0 Å². The van der Waals surface area contributed by atoms with Gasteiger partial charge in [-0.15, -0.1) is 0 Å². The fourth-order valence-corrected chi connectivity index (χ4v) is 3.25. The topological polar surface area (TPSA) is 73.8 Å². The van der Waals surface area contributed by atoms with Crippen LogP contribution in [0.1, 0.15) is 21.6 Å². The molecule has 1 amide bonds. The molecule has 2 heterocycles. The molecule has 0 fully saturated rings. The summed E-state index contributed by atoms with van der Waals surface area (Å²) in [5, 5.41) is 2.78. The molecule has 7 heteroatoms. The quantitative estimate of drug-likeness (QED) is 0.572. The van der Waals surface area contributed by atoms with Gasteiger partial charge in [-0.05, 0) is 36.8 Å². The van der Waals surface area contributed by atoms with Crippen LogP contribution in [0.15, 0.2) is 78.1 Å². The van der Waals surface area contributed by atoms with Crippen LogP contribution in [0.4, 0.5) is 5.69 Å². The maximum atomic E-state index is 12.9. The van der Waals surface area contributed by atoms with Crippen LogP contribution < -0.4 is 10.9 Å². The van der Waals surface area contributed by atoms with Gasteiger partial charge < -0.3 is 9.88 Å². The molecule has 2 aromatic carbocycles. The number of amides is 1. The van der Waals surface area contributed by atoms with Crippen LogP contribution in [0, 0.1) is 6.92 Å². The summed E-state index contributed by atoms with van der Waals surface area (Å²) in [7, 11) is 1.80. The van der Waals surface area contributed by atoms with E-state index in [0.717, 1.165) is 11.3 Å². The molecule has 1 N–H and O–H groups in total. The molecule has 0 aliphatic carbocycles. The molecule has 0 bridgehead atoms. The zero-order valence-electron chi connectivity index (χ0n) is 16.2. The number of imidazole rings is 1. The Morgan fingerprint density at radius 3 is 2.45 bits per heavy atom. The first-order valence-electron chi connectivity index (χ1n) is 9.24. The average molecular weight is 387 g/mol. The predicted molar refractivity (Wildman–Crippen MR) is 111 cm³/mol. The second kappa shape index (κ2) is 7.63. The molecular formula is C22H21N5O2. The van der Waals surface area contributed by atoms with Gasteiger partial charge in [0.1, 0.15) is 5.69 Å². The molecule has 0 aliphatic heterocycles. The number of para-hydroxylation sites is 1. The van der Waals surface area contributed by atoms with Crippen molar-refractivity contribution < 1.29 is 4.79 Å². The lowest BCUT2D eigenvalue weighted by molar-refractivity contribution is 0.102. The van der Waals surface area contributed by atoms with E-state index in [1.807, 2.05) is 60.2 Å². The van der Waals surface area contributed by atoms with E-state index in [2.05, 4.69) is 10.3 Å². The highest BCUT2D eigenvalue weighted by molar-refractivity contribution is 6.04. The molecule has 146 valence electrons. The van der Waals surface area contributed by atoms with Gasteiger partial charge in [0, 0.05) is 31.5 Å². The molecule has 0 aliphatic rings. The number of nitrogens with zero attached hydrogens (tertiary/aromatic N) is 4. The standard InChI is InChI=1S/C22H21N5O2/c1-16-20(22(29)27(25(16)2)19-6-4-3-5-7-19)24-21(28)18-10-8-17(9-11-18)14-26-13-12-23-15-26/h3-13,15H,14H2,1-2H3,(H,24,28). The van der Waals surface area contributed by atoms with Gasteiger partial charge in [-0.25, -0.2) is 9.67 Å². The van der Waals surface area contributed by atoms with E-state index in [1.54, 1.807) is 41.1 Å². The number of anilines is 1. The van der Waals surface area contributed by atoms with E-state index in [4.69, 9.17) is 0 Å². The maximum absolute atomic E-state index is 12.9. The Bertz CT molecular complexity index is 1190. The molecule has 0 atom stereocenters. The average Bonchev–Trinajstić information content (AvgIpc) is 3.32. The summed E-state index contributed by atoms with van der Waals surface area (Å²) in [5.74, 6) is -0.315. The highest BCUT2D eigenvalue weighted by Crippen LogP contribution is 2.15. The Labute approximate surface area is 167 Å². The zero-order valence-corrected chi connectivity index (χ0v) is 16.2. The predicted octanol–water partition coefficient (Wildman–Crippen LogP) is 2.98. The maximum Gasteiger partial charge on any atom is 0.295 e. The lowest BCUT2D eigenvalue weighted by Gasteiger charge is -2.07. The molecule has 0 radical (unpaired) electrons. The van der Waals surface area contributed by atoms with Crippen LogP contribution in [0.5, 0.6) is 0 Å². The summed E-state index contributed by atoms with van der Waals surface area (Å²) in [5.41, 5.74) is 3.00. The smallest absolute Gasteiger partial charge is 0.295 e. The van der Waals surface area contributed by atoms with Crippen LogP contribution in [-0.2, 0) is 13.6 Å². The lowest BCUT2D eigenvalue weighted by Crippen LogP contribution is -2.23. The molecule has 2 aromatic heterocycles. The number of rotatable bonds is 5. The number of carbonyl (C=O) groups is 1. The van der Waals surface area contributed by atoms with Crippen molar-refractivity contribution in [1.82, 2.24) is 18.9 Å². The van der Waals surface area contributed by atoms with E-state index in [0.29, 0.717) is 17.8 Å². The van der Waals surface area contributed by atoms with Crippen LogP contribution in [0.3, 0.4) is 0 Å². The third-order valence-electron chi connectivity index (χ3n) is 4.93. The van der Waals surface area contributed by atoms with E-state index >= 15 is 0 Å². The normalized spacial score (nSPS) is 10.8. The van der Waals surface area contributed by atoms with Crippen LogP contribution in [0.2, 0.25) is 0 Å². The summed E-state index contributed by atoms with van der Waals surface area (Å²) < 4.78 is 5.23. The van der Waals surface area contributed by atoms with Crippen molar-refractivity contribution in [3.8, 4) is 5.69 Å². The van der Waals surface area contributed by atoms with Gasteiger partial charge in [0.15, 0.2) is 0 Å². The number of carbonyl (C=O) groups excluding carboxylic acids is 1. The van der Waals surface area contributed by atoms with Gasteiger partial charge in [0.2, 0.25) is 0 Å². The van der Waals surface area contributed by atoms with Gasteiger partial charge in [0.05, 0.1) is 17.7 Å². The highest BCUT2D eigenvalue weighted by atomic mass is 16.2. The van der Waals surface area contributed by atoms with E-state index < -0.39 is 0 Å². The molecular weight excluding hydrogens is 366 g/mol. The first-order chi connectivity index (χ1) is 14.0. The minimum absolute atomic E-state index is 0.263. The van der Waals surface area contributed by atoms with E-state index in [-0.39, 0.29) is 17.2 Å². The Morgan fingerprint density at radius 2 is 1.79 bits per heavy atom. The highest BCUT2D eigenvalue weighted by Gasteiger charge is 2.18. The number of nitrogens with one attached hydrogen (secondary N) is 1. The van der Waals surface area contributed by atoms with Crippen molar-refractivity contribution in [1.29, 1.82) is 0 Å². The fourth-order valence-electron chi connectivity index (χ4n) is 3.25. The van der Waals surface area contributed by atoms with Crippen molar-refractivity contribution in [3.05, 3.63) is 100 Å². The number of hydrogen-bond acceptors (Lipinski definition) is 3. The van der Waals surface area contributed by atoms with Gasteiger partial charge in [-0.2, -0.15) is 0 Å². The van der Waals surface area contributed by atoms with Gasteiger partial charge in [-0.1, -0.05) is 30.3 Å². The van der Waals surface area contributed by atoms with Gasteiger partial charge in [0.25, 0.3) is 11.5 Å².